The van der Waals surface area contributed by atoms with Crippen LogP contribution >= 0.6 is 0 Å². The van der Waals surface area contributed by atoms with Gasteiger partial charge in [-0.3, -0.25) is 4.79 Å². The fourth-order valence-electron chi connectivity index (χ4n) is 1.62. The summed E-state index contributed by atoms with van der Waals surface area (Å²) in [6.45, 7) is 4.69. The van der Waals surface area contributed by atoms with Crippen molar-refractivity contribution in [3.63, 3.8) is 0 Å². The van der Waals surface area contributed by atoms with E-state index in [0.29, 0.717) is 0 Å². The van der Waals surface area contributed by atoms with Crippen molar-refractivity contribution in [1.82, 2.24) is 10.6 Å². The van der Waals surface area contributed by atoms with Gasteiger partial charge in [0.2, 0.25) is 5.91 Å². The summed E-state index contributed by atoms with van der Waals surface area (Å²) in [4.78, 5) is 10.6. The minimum atomic E-state index is 0.0822. The smallest absolute Gasteiger partial charge is 0.216 e. The molecule has 1 unspecified atom stereocenters. The first-order chi connectivity index (χ1) is 5.79. The average Bonchev–Trinajstić information content (AvgIpc) is 2.05. The van der Waals surface area contributed by atoms with E-state index >= 15 is 0 Å². The molecular formula is C9H18N2O. The van der Waals surface area contributed by atoms with E-state index in [-0.39, 0.29) is 5.91 Å². The van der Waals surface area contributed by atoms with Gasteiger partial charge in [-0.25, -0.2) is 0 Å². The Bertz CT molecular complexity index is 141. The molecule has 12 heavy (non-hydrogen) atoms. The van der Waals surface area contributed by atoms with Crippen molar-refractivity contribution in [2.45, 2.75) is 26.2 Å². The van der Waals surface area contributed by atoms with Crippen molar-refractivity contribution >= 4 is 5.91 Å². The lowest BCUT2D eigenvalue weighted by molar-refractivity contribution is -0.119. The van der Waals surface area contributed by atoms with E-state index < -0.39 is 0 Å². The molecule has 70 valence electrons. The van der Waals surface area contributed by atoms with Gasteiger partial charge < -0.3 is 10.6 Å². The summed E-state index contributed by atoms with van der Waals surface area (Å²) in [5.41, 5.74) is 0. The summed E-state index contributed by atoms with van der Waals surface area (Å²) in [5.74, 6) is 0.851. The maximum Gasteiger partial charge on any atom is 0.216 e. The third kappa shape index (κ3) is 3.72. The van der Waals surface area contributed by atoms with E-state index in [9.17, 15) is 4.79 Å². The highest BCUT2D eigenvalue weighted by Gasteiger charge is 2.11. The number of nitrogens with one attached hydrogen (secondary N) is 2. The van der Waals surface area contributed by atoms with Gasteiger partial charge in [-0.15, -0.1) is 0 Å². The van der Waals surface area contributed by atoms with Crippen molar-refractivity contribution in [3.8, 4) is 0 Å². The van der Waals surface area contributed by atoms with Crippen LogP contribution in [0.15, 0.2) is 0 Å². The molecule has 1 saturated heterocycles. The normalized spacial score (nSPS) is 23.6. The Labute approximate surface area is 73.9 Å². The number of hydrogen-bond acceptors (Lipinski definition) is 2. The van der Waals surface area contributed by atoms with Gasteiger partial charge in [0.05, 0.1) is 0 Å². The quantitative estimate of drug-likeness (QED) is 0.648. The zero-order chi connectivity index (χ0) is 8.81. The molecule has 0 saturated carbocycles. The second kappa shape index (κ2) is 5.14. The van der Waals surface area contributed by atoms with Crippen molar-refractivity contribution < 1.29 is 4.79 Å². The largest absolute Gasteiger partial charge is 0.356 e. The predicted molar refractivity (Wildman–Crippen MR) is 48.9 cm³/mol. The van der Waals surface area contributed by atoms with Crippen LogP contribution in [-0.4, -0.2) is 25.5 Å². The fourth-order valence-corrected chi connectivity index (χ4v) is 1.62. The molecule has 3 nitrogen and oxygen atoms in total. The van der Waals surface area contributed by atoms with Gasteiger partial charge in [0.15, 0.2) is 0 Å². The van der Waals surface area contributed by atoms with E-state index in [0.717, 1.165) is 32.0 Å². The molecule has 0 aromatic carbocycles. The molecule has 0 aromatic heterocycles. The highest BCUT2D eigenvalue weighted by molar-refractivity contribution is 5.72. The number of piperidine rings is 1. The van der Waals surface area contributed by atoms with Crippen LogP contribution in [0.25, 0.3) is 0 Å². The molecular weight excluding hydrogens is 152 g/mol. The third-order valence-corrected chi connectivity index (χ3v) is 2.33. The molecule has 1 heterocycles. The monoisotopic (exact) mass is 170 g/mol. The van der Waals surface area contributed by atoms with Crippen LogP contribution in [0.5, 0.6) is 0 Å². The predicted octanol–water partition coefficient (Wildman–Crippen LogP) is 0.512. The minimum absolute atomic E-state index is 0.0822. The van der Waals surface area contributed by atoms with Crippen molar-refractivity contribution in [3.05, 3.63) is 0 Å². The van der Waals surface area contributed by atoms with Gasteiger partial charge in [0.25, 0.3) is 0 Å². The summed E-state index contributed by atoms with van der Waals surface area (Å²) in [7, 11) is 0. The fraction of sp³-hybridized carbons (Fsp3) is 0.889. The van der Waals surface area contributed by atoms with Gasteiger partial charge in [0.1, 0.15) is 0 Å². The van der Waals surface area contributed by atoms with Crippen LogP contribution in [0.2, 0.25) is 0 Å². The second-order valence-corrected chi connectivity index (χ2v) is 3.48. The van der Waals surface area contributed by atoms with E-state index in [1.165, 1.54) is 12.8 Å². The van der Waals surface area contributed by atoms with Crippen LogP contribution < -0.4 is 10.6 Å². The standard InChI is InChI=1S/C9H18N2O/c1-8(12)11-6-4-9-3-2-5-10-7-9/h9-10H,2-7H2,1H3,(H,11,12). The number of rotatable bonds is 3. The molecule has 1 fully saturated rings. The van der Waals surface area contributed by atoms with Crippen molar-refractivity contribution in [2.24, 2.45) is 5.92 Å². The van der Waals surface area contributed by atoms with E-state index in [1.807, 2.05) is 0 Å². The van der Waals surface area contributed by atoms with Crippen LogP contribution in [0.1, 0.15) is 26.2 Å². The lowest BCUT2D eigenvalue weighted by Gasteiger charge is -2.22. The average molecular weight is 170 g/mol. The number of carbonyl (C=O) groups excluding carboxylic acids is 1. The van der Waals surface area contributed by atoms with Crippen molar-refractivity contribution in [2.75, 3.05) is 19.6 Å². The molecule has 0 aromatic rings. The Balaban J connectivity index is 2.01. The first kappa shape index (κ1) is 9.52. The Morgan fingerprint density at radius 3 is 3.08 bits per heavy atom. The highest BCUT2D eigenvalue weighted by Crippen LogP contribution is 2.12. The molecule has 1 aliphatic rings. The molecule has 3 heteroatoms. The first-order valence-electron chi connectivity index (χ1n) is 4.74. The third-order valence-electron chi connectivity index (χ3n) is 2.33. The Morgan fingerprint density at radius 1 is 1.67 bits per heavy atom. The van der Waals surface area contributed by atoms with Gasteiger partial charge in [-0.1, -0.05) is 0 Å². The topological polar surface area (TPSA) is 41.1 Å². The number of carbonyl (C=O) groups is 1. The van der Waals surface area contributed by atoms with E-state index in [4.69, 9.17) is 0 Å². The molecule has 1 atom stereocenters. The van der Waals surface area contributed by atoms with Gasteiger partial charge in [-0.2, -0.15) is 0 Å². The van der Waals surface area contributed by atoms with E-state index in [2.05, 4.69) is 10.6 Å². The minimum Gasteiger partial charge on any atom is -0.356 e. The van der Waals surface area contributed by atoms with Crippen LogP contribution in [0.4, 0.5) is 0 Å². The summed E-state index contributed by atoms with van der Waals surface area (Å²) in [6.07, 6.45) is 3.71. The SMILES string of the molecule is CC(=O)NCCC1CCCNC1. The first-order valence-corrected chi connectivity index (χ1v) is 4.74. The zero-order valence-corrected chi connectivity index (χ0v) is 7.73. The second-order valence-electron chi connectivity index (χ2n) is 3.48. The summed E-state index contributed by atoms with van der Waals surface area (Å²) >= 11 is 0. The van der Waals surface area contributed by atoms with E-state index in [1.54, 1.807) is 6.92 Å². The highest BCUT2D eigenvalue weighted by atomic mass is 16.1. The zero-order valence-electron chi connectivity index (χ0n) is 7.73. The Hall–Kier alpha value is -0.570. The molecule has 0 spiro atoms. The molecule has 1 amide bonds. The summed E-state index contributed by atoms with van der Waals surface area (Å²) in [5, 5.41) is 6.19. The summed E-state index contributed by atoms with van der Waals surface area (Å²) in [6, 6.07) is 0. The Kier molecular flexibility index (Phi) is 4.08. The maximum absolute atomic E-state index is 10.6. The molecule has 2 N–H and O–H groups in total. The van der Waals surface area contributed by atoms with Crippen molar-refractivity contribution in [1.29, 1.82) is 0 Å². The van der Waals surface area contributed by atoms with Gasteiger partial charge in [0, 0.05) is 13.5 Å². The number of hydrogen-bond donors (Lipinski definition) is 2. The molecule has 0 bridgehead atoms. The number of amides is 1. The Morgan fingerprint density at radius 2 is 2.50 bits per heavy atom. The molecule has 0 aliphatic carbocycles. The lowest BCUT2D eigenvalue weighted by atomic mass is 9.96. The van der Waals surface area contributed by atoms with Crippen LogP contribution in [0.3, 0.4) is 0 Å². The molecule has 1 rings (SSSR count). The summed E-state index contributed by atoms with van der Waals surface area (Å²) < 4.78 is 0. The molecule has 1 aliphatic heterocycles. The molecule has 0 radical (unpaired) electrons. The lowest BCUT2D eigenvalue weighted by Crippen LogP contribution is -2.32. The van der Waals surface area contributed by atoms with Crippen LogP contribution in [0, 0.1) is 5.92 Å². The maximum atomic E-state index is 10.6. The van der Waals surface area contributed by atoms with Gasteiger partial charge >= 0.3 is 0 Å². The van der Waals surface area contributed by atoms with Crippen LogP contribution in [-0.2, 0) is 4.79 Å². The van der Waals surface area contributed by atoms with Gasteiger partial charge in [-0.05, 0) is 38.3 Å².